The minimum atomic E-state index is 0.514. The lowest BCUT2D eigenvalue weighted by Gasteiger charge is -2.13. The van der Waals surface area contributed by atoms with Gasteiger partial charge in [0, 0.05) is 19.8 Å². The van der Waals surface area contributed by atoms with Crippen LogP contribution in [-0.4, -0.2) is 14.1 Å². The summed E-state index contributed by atoms with van der Waals surface area (Å²) in [5, 5.41) is 0. The van der Waals surface area contributed by atoms with E-state index in [1.165, 1.54) is 11.3 Å². The van der Waals surface area contributed by atoms with Crippen molar-refractivity contribution in [2.75, 3.05) is 19.0 Å². The molecule has 0 aliphatic rings. The number of hydrogen-bond donors (Lipinski definition) is 0. The fourth-order valence-electron chi connectivity index (χ4n) is 1.89. The van der Waals surface area contributed by atoms with Crippen LogP contribution in [0.4, 0.5) is 5.69 Å². The molecule has 2 nitrogen and oxygen atoms in total. The van der Waals surface area contributed by atoms with Gasteiger partial charge in [0.2, 0.25) is 0 Å². The fourth-order valence-corrected chi connectivity index (χ4v) is 1.89. The zero-order chi connectivity index (χ0) is 13.8. The van der Waals surface area contributed by atoms with Crippen LogP contribution in [0.5, 0.6) is 11.5 Å². The smallest absolute Gasteiger partial charge is 0.127 e. The number of ether oxygens (including phenoxy) is 1. The average Bonchev–Trinajstić information content (AvgIpc) is 2.39. The molecule has 2 heteroatoms. The molecule has 0 N–H and O–H groups in total. The molecule has 0 saturated carbocycles. The summed E-state index contributed by atoms with van der Waals surface area (Å²) in [7, 11) is 4.06. The van der Waals surface area contributed by atoms with Gasteiger partial charge in [-0.25, -0.2) is 0 Å². The SMILES string of the molecule is CC(C)c1cccc(Oc2ccc(N(C)C)cc2)c1. The zero-order valence-electron chi connectivity index (χ0n) is 12.1. The molecule has 2 rings (SSSR count). The highest BCUT2D eigenvalue weighted by Crippen LogP contribution is 2.26. The summed E-state index contributed by atoms with van der Waals surface area (Å²) >= 11 is 0. The van der Waals surface area contributed by atoms with Crippen molar-refractivity contribution in [3.63, 3.8) is 0 Å². The Labute approximate surface area is 115 Å². The van der Waals surface area contributed by atoms with E-state index in [9.17, 15) is 0 Å². The molecule has 0 radical (unpaired) electrons. The number of rotatable bonds is 4. The standard InChI is InChI=1S/C17H21NO/c1-13(2)14-6-5-7-17(12-14)19-16-10-8-15(9-11-16)18(3)4/h5-13H,1-4H3. The van der Waals surface area contributed by atoms with Crippen molar-refractivity contribution in [1.29, 1.82) is 0 Å². The van der Waals surface area contributed by atoms with Crippen LogP contribution in [-0.2, 0) is 0 Å². The van der Waals surface area contributed by atoms with Gasteiger partial charge in [-0.1, -0.05) is 26.0 Å². The van der Waals surface area contributed by atoms with Gasteiger partial charge in [0.25, 0.3) is 0 Å². The minimum Gasteiger partial charge on any atom is -0.457 e. The first-order valence-corrected chi connectivity index (χ1v) is 6.61. The third kappa shape index (κ3) is 3.50. The summed E-state index contributed by atoms with van der Waals surface area (Å²) in [6, 6.07) is 16.4. The van der Waals surface area contributed by atoms with Gasteiger partial charge in [0.1, 0.15) is 11.5 Å². The van der Waals surface area contributed by atoms with Crippen molar-refractivity contribution in [2.45, 2.75) is 19.8 Å². The lowest BCUT2D eigenvalue weighted by Crippen LogP contribution is -2.07. The highest BCUT2D eigenvalue weighted by atomic mass is 16.5. The summed E-state index contributed by atoms with van der Waals surface area (Å²) < 4.78 is 5.89. The Hall–Kier alpha value is -1.96. The molecule has 0 amide bonds. The second-order valence-corrected chi connectivity index (χ2v) is 5.22. The van der Waals surface area contributed by atoms with Crippen LogP contribution >= 0.6 is 0 Å². The Morgan fingerprint density at radius 1 is 0.895 bits per heavy atom. The van der Waals surface area contributed by atoms with E-state index in [1.54, 1.807) is 0 Å². The molecule has 0 heterocycles. The molecule has 2 aromatic rings. The Morgan fingerprint density at radius 2 is 1.58 bits per heavy atom. The molecule has 100 valence electrons. The molecule has 19 heavy (non-hydrogen) atoms. The number of anilines is 1. The number of hydrogen-bond acceptors (Lipinski definition) is 2. The molecule has 0 saturated heterocycles. The van der Waals surface area contributed by atoms with Gasteiger partial charge in [0.05, 0.1) is 0 Å². The van der Waals surface area contributed by atoms with Gasteiger partial charge in [-0.15, -0.1) is 0 Å². The topological polar surface area (TPSA) is 12.5 Å². The van der Waals surface area contributed by atoms with Crippen molar-refractivity contribution in [3.8, 4) is 11.5 Å². The predicted molar refractivity (Wildman–Crippen MR) is 81.4 cm³/mol. The first-order chi connectivity index (χ1) is 9.06. The van der Waals surface area contributed by atoms with Gasteiger partial charge in [-0.05, 0) is 47.9 Å². The van der Waals surface area contributed by atoms with Crippen molar-refractivity contribution < 1.29 is 4.74 Å². The first kappa shape index (κ1) is 13.5. The highest BCUT2D eigenvalue weighted by molar-refractivity contribution is 5.48. The summed E-state index contributed by atoms with van der Waals surface area (Å²) in [5.74, 6) is 2.27. The molecule has 0 fully saturated rings. The predicted octanol–water partition coefficient (Wildman–Crippen LogP) is 4.67. The van der Waals surface area contributed by atoms with Gasteiger partial charge < -0.3 is 9.64 Å². The molecular formula is C17H21NO. The molecule has 0 spiro atoms. The maximum atomic E-state index is 5.89. The van der Waals surface area contributed by atoms with Crippen LogP contribution in [0.2, 0.25) is 0 Å². The Kier molecular flexibility index (Phi) is 4.10. The largest absolute Gasteiger partial charge is 0.457 e. The zero-order valence-corrected chi connectivity index (χ0v) is 12.1. The van der Waals surface area contributed by atoms with E-state index in [4.69, 9.17) is 4.74 Å². The molecule has 0 bridgehead atoms. The third-order valence-electron chi connectivity index (χ3n) is 3.11. The van der Waals surface area contributed by atoms with Crippen molar-refractivity contribution in [2.24, 2.45) is 0 Å². The Balaban J connectivity index is 2.14. The summed E-state index contributed by atoms with van der Waals surface area (Å²) in [5.41, 5.74) is 2.46. The van der Waals surface area contributed by atoms with Crippen LogP contribution in [0.1, 0.15) is 25.3 Å². The van der Waals surface area contributed by atoms with Gasteiger partial charge in [-0.2, -0.15) is 0 Å². The summed E-state index contributed by atoms with van der Waals surface area (Å²) in [4.78, 5) is 2.07. The van der Waals surface area contributed by atoms with Crippen molar-refractivity contribution in [3.05, 3.63) is 54.1 Å². The molecule has 0 aliphatic carbocycles. The monoisotopic (exact) mass is 255 g/mol. The Bertz CT molecular complexity index is 529. The molecule has 2 aromatic carbocycles. The second-order valence-electron chi connectivity index (χ2n) is 5.22. The average molecular weight is 255 g/mol. The molecule has 0 unspecified atom stereocenters. The maximum Gasteiger partial charge on any atom is 0.127 e. The van der Waals surface area contributed by atoms with E-state index in [-0.39, 0.29) is 0 Å². The van der Waals surface area contributed by atoms with E-state index < -0.39 is 0 Å². The van der Waals surface area contributed by atoms with E-state index in [0.29, 0.717) is 5.92 Å². The van der Waals surface area contributed by atoms with E-state index in [2.05, 4.69) is 43.0 Å². The van der Waals surface area contributed by atoms with Crippen molar-refractivity contribution in [1.82, 2.24) is 0 Å². The minimum absolute atomic E-state index is 0.514. The van der Waals surface area contributed by atoms with E-state index >= 15 is 0 Å². The van der Waals surface area contributed by atoms with Crippen LogP contribution in [0.15, 0.2) is 48.5 Å². The quantitative estimate of drug-likeness (QED) is 0.787. The van der Waals surface area contributed by atoms with E-state index in [1.807, 2.05) is 38.4 Å². The third-order valence-corrected chi connectivity index (χ3v) is 3.11. The highest BCUT2D eigenvalue weighted by Gasteiger charge is 2.02. The first-order valence-electron chi connectivity index (χ1n) is 6.61. The molecular weight excluding hydrogens is 234 g/mol. The second kappa shape index (κ2) is 5.79. The van der Waals surface area contributed by atoms with Crippen LogP contribution in [0, 0.1) is 0 Å². The fraction of sp³-hybridized carbons (Fsp3) is 0.294. The normalized spacial score (nSPS) is 10.6. The summed E-state index contributed by atoms with van der Waals surface area (Å²) in [6.07, 6.45) is 0. The molecule has 0 atom stereocenters. The van der Waals surface area contributed by atoms with Crippen LogP contribution < -0.4 is 9.64 Å². The Morgan fingerprint density at radius 3 is 2.16 bits per heavy atom. The van der Waals surface area contributed by atoms with Gasteiger partial charge in [0.15, 0.2) is 0 Å². The van der Waals surface area contributed by atoms with Gasteiger partial charge >= 0.3 is 0 Å². The molecule has 0 aromatic heterocycles. The van der Waals surface area contributed by atoms with Crippen LogP contribution in [0.3, 0.4) is 0 Å². The summed E-state index contributed by atoms with van der Waals surface area (Å²) in [6.45, 7) is 4.37. The molecule has 0 aliphatic heterocycles. The maximum absolute atomic E-state index is 5.89. The lowest BCUT2D eigenvalue weighted by atomic mass is 10.0. The van der Waals surface area contributed by atoms with Crippen LogP contribution in [0.25, 0.3) is 0 Å². The van der Waals surface area contributed by atoms with Crippen molar-refractivity contribution >= 4 is 5.69 Å². The van der Waals surface area contributed by atoms with Gasteiger partial charge in [-0.3, -0.25) is 0 Å². The van der Waals surface area contributed by atoms with E-state index in [0.717, 1.165) is 11.5 Å². The lowest BCUT2D eigenvalue weighted by molar-refractivity contribution is 0.481. The number of nitrogens with zero attached hydrogens (tertiary/aromatic N) is 1. The number of benzene rings is 2.